The van der Waals surface area contributed by atoms with Crippen LogP contribution in [-0.2, 0) is 10.0 Å². The smallest absolute Gasteiger partial charge is 0.261 e. The Hall–Kier alpha value is -3.79. The lowest BCUT2D eigenvalue weighted by molar-refractivity contribution is 0.0746. The maximum atomic E-state index is 13.1. The van der Waals surface area contributed by atoms with Gasteiger partial charge in [0.2, 0.25) is 6.79 Å². The Kier molecular flexibility index (Phi) is 5.51. The molecule has 0 bridgehead atoms. The van der Waals surface area contributed by atoms with Crippen LogP contribution in [0.15, 0.2) is 71.8 Å². The molecule has 3 aromatic rings. The van der Waals surface area contributed by atoms with Crippen LogP contribution in [0.2, 0.25) is 0 Å². The Morgan fingerprint density at radius 3 is 2.52 bits per heavy atom. The molecule has 9 nitrogen and oxygen atoms in total. The zero-order valence-corrected chi connectivity index (χ0v) is 18.5. The molecule has 2 aromatic carbocycles. The minimum absolute atomic E-state index is 0.0122. The van der Waals surface area contributed by atoms with E-state index in [0.29, 0.717) is 48.9 Å². The van der Waals surface area contributed by atoms with Gasteiger partial charge in [0.05, 0.1) is 10.6 Å². The minimum atomic E-state index is -3.90. The van der Waals surface area contributed by atoms with E-state index in [0.717, 1.165) is 5.82 Å². The molecule has 2 aliphatic heterocycles. The quantitative estimate of drug-likeness (QED) is 0.617. The summed E-state index contributed by atoms with van der Waals surface area (Å²) in [4.78, 5) is 21.3. The predicted octanol–water partition coefficient (Wildman–Crippen LogP) is 2.57. The largest absolute Gasteiger partial charge is 0.454 e. The normalized spacial score (nSPS) is 15.4. The van der Waals surface area contributed by atoms with E-state index in [1.807, 2.05) is 18.2 Å². The van der Waals surface area contributed by atoms with Crippen LogP contribution >= 0.6 is 0 Å². The number of piperazine rings is 1. The van der Waals surface area contributed by atoms with Gasteiger partial charge in [-0.05, 0) is 42.5 Å². The number of fused-ring (bicyclic) bond motifs is 1. The first-order valence-electron chi connectivity index (χ1n) is 10.5. The maximum Gasteiger partial charge on any atom is 0.261 e. The third kappa shape index (κ3) is 4.42. The van der Waals surface area contributed by atoms with Crippen LogP contribution in [0.1, 0.15) is 10.4 Å². The summed E-state index contributed by atoms with van der Waals surface area (Å²) in [7, 11) is -3.90. The van der Waals surface area contributed by atoms with Gasteiger partial charge in [0.1, 0.15) is 5.82 Å². The maximum absolute atomic E-state index is 13.1. The Balaban J connectivity index is 1.28. The van der Waals surface area contributed by atoms with Crippen LogP contribution in [0, 0.1) is 0 Å². The highest BCUT2D eigenvalue weighted by Gasteiger charge is 2.24. The van der Waals surface area contributed by atoms with Crippen LogP contribution in [0.3, 0.4) is 0 Å². The highest BCUT2D eigenvalue weighted by atomic mass is 32.2. The fraction of sp³-hybridized carbons (Fsp3) is 0.217. The number of carbonyl (C=O) groups is 1. The summed E-state index contributed by atoms with van der Waals surface area (Å²) in [5, 5.41) is 0. The van der Waals surface area contributed by atoms with Gasteiger partial charge in [-0.3, -0.25) is 9.52 Å². The summed E-state index contributed by atoms with van der Waals surface area (Å²) in [5.74, 6) is 1.72. The summed E-state index contributed by atoms with van der Waals surface area (Å²) in [5.41, 5.74) is 0.677. The molecule has 33 heavy (non-hydrogen) atoms. The molecule has 5 rings (SSSR count). The number of aromatic nitrogens is 1. The zero-order chi connectivity index (χ0) is 22.8. The first-order chi connectivity index (χ1) is 16.0. The third-order valence-corrected chi connectivity index (χ3v) is 6.94. The summed E-state index contributed by atoms with van der Waals surface area (Å²) < 4.78 is 38.9. The van der Waals surface area contributed by atoms with Crippen LogP contribution in [0.5, 0.6) is 11.5 Å². The number of anilines is 2. The van der Waals surface area contributed by atoms with Gasteiger partial charge in [-0.1, -0.05) is 12.1 Å². The van der Waals surface area contributed by atoms with Gasteiger partial charge in [0, 0.05) is 44.0 Å². The van der Waals surface area contributed by atoms with Crippen LogP contribution < -0.4 is 19.1 Å². The lowest BCUT2D eigenvalue weighted by Gasteiger charge is -2.35. The molecule has 0 atom stereocenters. The number of ether oxygens (including phenoxy) is 2. The van der Waals surface area contributed by atoms with Crippen molar-refractivity contribution in [1.82, 2.24) is 9.88 Å². The Morgan fingerprint density at radius 1 is 0.909 bits per heavy atom. The monoisotopic (exact) mass is 466 g/mol. The molecule has 0 unspecified atom stereocenters. The fourth-order valence-corrected chi connectivity index (χ4v) is 4.93. The van der Waals surface area contributed by atoms with E-state index in [-0.39, 0.29) is 17.6 Å². The molecule has 1 saturated heterocycles. The summed E-state index contributed by atoms with van der Waals surface area (Å²) >= 11 is 0. The molecule has 0 radical (unpaired) electrons. The topological polar surface area (TPSA) is 101 Å². The molecule has 10 heteroatoms. The second-order valence-electron chi connectivity index (χ2n) is 7.67. The number of sulfonamides is 1. The van der Waals surface area contributed by atoms with Gasteiger partial charge in [-0.25, -0.2) is 13.4 Å². The number of nitrogens with zero attached hydrogens (tertiary/aromatic N) is 3. The van der Waals surface area contributed by atoms with Gasteiger partial charge in [0.15, 0.2) is 11.5 Å². The van der Waals surface area contributed by atoms with E-state index in [4.69, 9.17) is 9.47 Å². The fourth-order valence-electron chi connectivity index (χ4n) is 3.83. The van der Waals surface area contributed by atoms with Crippen molar-refractivity contribution in [2.24, 2.45) is 0 Å². The number of hydrogen-bond acceptors (Lipinski definition) is 7. The lowest BCUT2D eigenvalue weighted by atomic mass is 10.2. The number of rotatable bonds is 5. The first-order valence-corrected chi connectivity index (χ1v) is 12.0. The molecule has 1 amide bonds. The number of amides is 1. The van der Waals surface area contributed by atoms with Gasteiger partial charge in [-0.15, -0.1) is 0 Å². The molecule has 3 heterocycles. The number of carbonyl (C=O) groups excluding carboxylic acids is 1. The van der Waals surface area contributed by atoms with Crippen LogP contribution in [0.4, 0.5) is 11.5 Å². The molecule has 0 aliphatic carbocycles. The zero-order valence-electron chi connectivity index (χ0n) is 17.7. The standard InChI is InChI=1S/C23H22N4O5S/c28-23(27-12-10-26(11-13-27)22-6-1-2-9-24-22)17-4-3-5-19(14-17)33(29,30)25-18-7-8-20-21(15-18)32-16-31-20/h1-9,14-15,25H,10-13,16H2. The number of nitrogens with one attached hydrogen (secondary N) is 1. The van der Waals surface area contributed by atoms with E-state index in [1.165, 1.54) is 12.1 Å². The Labute approximate surface area is 191 Å². The molecule has 1 aromatic heterocycles. The predicted molar refractivity (Wildman–Crippen MR) is 122 cm³/mol. The number of benzene rings is 2. The van der Waals surface area contributed by atoms with E-state index < -0.39 is 10.0 Å². The van der Waals surface area contributed by atoms with Gasteiger partial charge >= 0.3 is 0 Å². The van der Waals surface area contributed by atoms with Crippen LogP contribution in [0.25, 0.3) is 0 Å². The average molecular weight is 467 g/mol. The first kappa shape index (κ1) is 21.1. The van der Waals surface area contributed by atoms with E-state index in [9.17, 15) is 13.2 Å². The SMILES string of the molecule is O=C(c1cccc(S(=O)(=O)Nc2ccc3c(c2)OCO3)c1)N1CCN(c2ccccn2)CC1. The highest BCUT2D eigenvalue weighted by Crippen LogP contribution is 2.34. The van der Waals surface area contributed by atoms with Crippen molar-refractivity contribution in [2.45, 2.75) is 4.90 Å². The molecule has 2 aliphatic rings. The second kappa shape index (κ2) is 8.62. The van der Waals surface area contributed by atoms with Crippen molar-refractivity contribution < 1.29 is 22.7 Å². The van der Waals surface area contributed by atoms with Crippen LogP contribution in [-0.4, -0.2) is 57.2 Å². The second-order valence-corrected chi connectivity index (χ2v) is 9.35. The van der Waals surface area contributed by atoms with Crippen molar-refractivity contribution in [2.75, 3.05) is 42.6 Å². The van der Waals surface area contributed by atoms with E-state index >= 15 is 0 Å². The molecule has 170 valence electrons. The van der Waals surface area contributed by atoms with E-state index in [2.05, 4.69) is 14.6 Å². The van der Waals surface area contributed by atoms with Crippen molar-refractivity contribution in [3.63, 3.8) is 0 Å². The van der Waals surface area contributed by atoms with E-state index in [1.54, 1.807) is 41.4 Å². The average Bonchev–Trinajstić information content (AvgIpc) is 3.32. The van der Waals surface area contributed by atoms with Crippen molar-refractivity contribution in [1.29, 1.82) is 0 Å². The molecular formula is C23H22N4O5S. The summed E-state index contributed by atoms with van der Waals surface area (Å²) in [6, 6.07) is 16.6. The molecular weight excluding hydrogens is 444 g/mol. The lowest BCUT2D eigenvalue weighted by Crippen LogP contribution is -2.49. The van der Waals surface area contributed by atoms with Gasteiger partial charge < -0.3 is 19.3 Å². The van der Waals surface area contributed by atoms with Gasteiger partial charge in [0.25, 0.3) is 15.9 Å². The highest BCUT2D eigenvalue weighted by molar-refractivity contribution is 7.92. The third-order valence-electron chi connectivity index (χ3n) is 5.56. The minimum Gasteiger partial charge on any atom is -0.454 e. The summed E-state index contributed by atoms with van der Waals surface area (Å²) in [6.07, 6.45) is 1.75. The Morgan fingerprint density at radius 2 is 1.73 bits per heavy atom. The molecule has 1 fully saturated rings. The summed E-state index contributed by atoms with van der Waals surface area (Å²) in [6.45, 7) is 2.48. The van der Waals surface area contributed by atoms with Crippen molar-refractivity contribution in [3.05, 3.63) is 72.4 Å². The molecule has 0 saturated carbocycles. The number of pyridine rings is 1. The number of hydrogen-bond donors (Lipinski definition) is 1. The Bertz CT molecular complexity index is 1280. The van der Waals surface area contributed by atoms with Crippen molar-refractivity contribution in [3.8, 4) is 11.5 Å². The van der Waals surface area contributed by atoms with Gasteiger partial charge in [-0.2, -0.15) is 0 Å². The molecule has 0 spiro atoms. The van der Waals surface area contributed by atoms with Crippen molar-refractivity contribution >= 4 is 27.4 Å². The molecule has 1 N–H and O–H groups in total.